The van der Waals surface area contributed by atoms with Gasteiger partial charge in [-0.3, -0.25) is 4.79 Å². The molecule has 5 heteroatoms. The number of fused-ring (bicyclic) bond motifs is 1. The van der Waals surface area contributed by atoms with Crippen LogP contribution in [0.1, 0.15) is 12.5 Å². The van der Waals surface area contributed by atoms with Crippen molar-refractivity contribution in [2.24, 2.45) is 12.8 Å². The summed E-state index contributed by atoms with van der Waals surface area (Å²) in [6.45, 7) is 2.12. The van der Waals surface area contributed by atoms with E-state index < -0.39 is 6.04 Å². The molecule has 0 aliphatic heterocycles. The molecular formula is C15H20N2O3. The predicted molar refractivity (Wildman–Crippen MR) is 77.8 cm³/mol. The average Bonchev–Trinajstić information content (AvgIpc) is 2.75. The largest absolute Gasteiger partial charge is 0.497 e. The molecule has 0 amide bonds. The number of aryl methyl sites for hydroxylation is 1. The van der Waals surface area contributed by atoms with Crippen molar-refractivity contribution >= 4 is 16.9 Å². The van der Waals surface area contributed by atoms with E-state index in [4.69, 9.17) is 15.2 Å². The summed E-state index contributed by atoms with van der Waals surface area (Å²) in [6.07, 6.45) is 2.45. The van der Waals surface area contributed by atoms with Gasteiger partial charge in [-0.25, -0.2) is 0 Å². The van der Waals surface area contributed by atoms with Crippen LogP contribution in [0.15, 0.2) is 24.4 Å². The smallest absolute Gasteiger partial charge is 0.323 e. The first-order valence-electron chi connectivity index (χ1n) is 6.61. The summed E-state index contributed by atoms with van der Waals surface area (Å²) in [7, 11) is 3.60. The highest BCUT2D eigenvalue weighted by molar-refractivity contribution is 5.86. The Bertz CT molecular complexity index is 619. The van der Waals surface area contributed by atoms with Crippen LogP contribution < -0.4 is 10.5 Å². The number of benzene rings is 1. The van der Waals surface area contributed by atoms with Gasteiger partial charge in [-0.05, 0) is 24.6 Å². The van der Waals surface area contributed by atoms with E-state index in [1.54, 1.807) is 14.0 Å². The van der Waals surface area contributed by atoms with Crippen LogP contribution in [0.4, 0.5) is 0 Å². The highest BCUT2D eigenvalue weighted by Crippen LogP contribution is 2.25. The van der Waals surface area contributed by atoms with Gasteiger partial charge in [-0.2, -0.15) is 0 Å². The molecule has 1 aromatic heterocycles. The monoisotopic (exact) mass is 276 g/mol. The number of esters is 1. The minimum Gasteiger partial charge on any atom is -0.497 e. The molecule has 20 heavy (non-hydrogen) atoms. The van der Waals surface area contributed by atoms with Crippen molar-refractivity contribution in [1.82, 2.24) is 4.57 Å². The maximum Gasteiger partial charge on any atom is 0.323 e. The molecule has 5 nitrogen and oxygen atoms in total. The molecule has 2 aromatic rings. The Hall–Kier alpha value is -2.01. The van der Waals surface area contributed by atoms with Crippen LogP contribution in [-0.2, 0) is 23.0 Å². The van der Waals surface area contributed by atoms with Crippen LogP contribution in [0, 0.1) is 0 Å². The molecule has 0 aliphatic rings. The minimum atomic E-state index is -0.636. The van der Waals surface area contributed by atoms with E-state index >= 15 is 0 Å². The first-order valence-corrected chi connectivity index (χ1v) is 6.61. The normalized spacial score (nSPS) is 12.4. The molecule has 0 unspecified atom stereocenters. The highest BCUT2D eigenvalue weighted by Gasteiger charge is 2.18. The van der Waals surface area contributed by atoms with Gasteiger partial charge in [0.2, 0.25) is 0 Å². The highest BCUT2D eigenvalue weighted by atomic mass is 16.5. The van der Waals surface area contributed by atoms with Gasteiger partial charge in [0.25, 0.3) is 0 Å². The Labute approximate surface area is 118 Å². The maximum atomic E-state index is 11.6. The minimum absolute atomic E-state index is 0.346. The lowest BCUT2D eigenvalue weighted by Crippen LogP contribution is -2.34. The fourth-order valence-electron chi connectivity index (χ4n) is 2.31. The van der Waals surface area contributed by atoms with E-state index in [0.717, 1.165) is 22.2 Å². The Balaban J connectivity index is 2.29. The van der Waals surface area contributed by atoms with E-state index in [1.165, 1.54) is 0 Å². The summed E-state index contributed by atoms with van der Waals surface area (Å²) in [4.78, 5) is 11.6. The van der Waals surface area contributed by atoms with Crippen molar-refractivity contribution in [1.29, 1.82) is 0 Å². The lowest BCUT2D eigenvalue weighted by molar-refractivity contribution is -0.144. The summed E-state index contributed by atoms with van der Waals surface area (Å²) < 4.78 is 12.2. The fourth-order valence-corrected chi connectivity index (χ4v) is 2.31. The quantitative estimate of drug-likeness (QED) is 0.843. The van der Waals surface area contributed by atoms with Crippen LogP contribution in [0.5, 0.6) is 5.75 Å². The molecule has 108 valence electrons. The molecule has 1 atom stereocenters. The number of nitrogens with zero attached hydrogens (tertiary/aromatic N) is 1. The third-order valence-corrected chi connectivity index (χ3v) is 3.31. The molecule has 0 saturated heterocycles. The third kappa shape index (κ3) is 2.77. The number of carbonyl (C=O) groups excluding carboxylic acids is 1. The van der Waals surface area contributed by atoms with Crippen molar-refractivity contribution in [3.8, 4) is 5.75 Å². The molecule has 1 aromatic carbocycles. The third-order valence-electron chi connectivity index (χ3n) is 3.31. The topological polar surface area (TPSA) is 66.5 Å². The summed E-state index contributed by atoms with van der Waals surface area (Å²) in [6, 6.07) is 5.22. The number of carbonyl (C=O) groups is 1. The number of nitrogens with two attached hydrogens (primary N) is 1. The molecule has 0 aliphatic carbocycles. The van der Waals surface area contributed by atoms with Crippen LogP contribution in [0.3, 0.4) is 0 Å². The maximum absolute atomic E-state index is 11.6. The van der Waals surface area contributed by atoms with Gasteiger partial charge < -0.3 is 19.8 Å². The molecule has 0 saturated carbocycles. The zero-order valence-electron chi connectivity index (χ0n) is 12.1. The second-order valence-electron chi connectivity index (χ2n) is 4.71. The summed E-state index contributed by atoms with van der Waals surface area (Å²) in [5.74, 6) is 0.443. The Morgan fingerprint density at radius 3 is 2.85 bits per heavy atom. The van der Waals surface area contributed by atoms with Gasteiger partial charge in [0.05, 0.1) is 19.2 Å². The second-order valence-corrected chi connectivity index (χ2v) is 4.71. The number of ether oxygens (including phenoxy) is 2. The number of hydrogen-bond acceptors (Lipinski definition) is 4. The van der Waals surface area contributed by atoms with Crippen molar-refractivity contribution in [2.75, 3.05) is 13.7 Å². The van der Waals surface area contributed by atoms with Gasteiger partial charge >= 0.3 is 5.97 Å². The van der Waals surface area contributed by atoms with Gasteiger partial charge in [0.15, 0.2) is 0 Å². The molecule has 2 rings (SSSR count). The van der Waals surface area contributed by atoms with Crippen molar-refractivity contribution in [3.05, 3.63) is 30.0 Å². The molecule has 0 spiro atoms. The number of hydrogen-bond donors (Lipinski definition) is 1. The van der Waals surface area contributed by atoms with Crippen molar-refractivity contribution < 1.29 is 14.3 Å². The van der Waals surface area contributed by atoms with Crippen molar-refractivity contribution in [2.45, 2.75) is 19.4 Å². The zero-order chi connectivity index (χ0) is 14.7. The number of aromatic nitrogens is 1. The van der Waals surface area contributed by atoms with E-state index in [-0.39, 0.29) is 5.97 Å². The Morgan fingerprint density at radius 2 is 2.20 bits per heavy atom. The van der Waals surface area contributed by atoms with Crippen molar-refractivity contribution in [3.63, 3.8) is 0 Å². The van der Waals surface area contributed by atoms with Crippen LogP contribution in [-0.4, -0.2) is 30.3 Å². The van der Waals surface area contributed by atoms with Gasteiger partial charge in [0, 0.05) is 31.1 Å². The summed E-state index contributed by atoms with van der Waals surface area (Å²) >= 11 is 0. The first-order chi connectivity index (χ1) is 9.56. The zero-order valence-corrected chi connectivity index (χ0v) is 12.1. The Morgan fingerprint density at radius 1 is 1.45 bits per heavy atom. The van der Waals surface area contributed by atoms with E-state index in [2.05, 4.69) is 0 Å². The summed E-state index contributed by atoms with van der Waals surface area (Å²) in [5.41, 5.74) is 7.97. The SMILES string of the molecule is CCOC(=O)[C@H](N)Cc1cn(C)c2cc(OC)ccc12. The molecular weight excluding hydrogens is 256 g/mol. The standard InChI is InChI=1S/C15H20N2O3/c1-4-20-15(18)13(16)7-10-9-17(2)14-8-11(19-3)5-6-12(10)14/h5-6,8-9,13H,4,7,16H2,1-3H3/t13-/m1/s1. The first kappa shape index (κ1) is 14.4. The molecule has 0 bridgehead atoms. The lowest BCUT2D eigenvalue weighted by Gasteiger charge is -2.09. The van der Waals surface area contributed by atoms with Gasteiger partial charge in [-0.15, -0.1) is 0 Å². The summed E-state index contributed by atoms with van der Waals surface area (Å²) in [5, 5.41) is 1.08. The Kier molecular flexibility index (Phi) is 4.29. The average molecular weight is 276 g/mol. The van der Waals surface area contributed by atoms with Gasteiger partial charge in [-0.1, -0.05) is 0 Å². The number of rotatable bonds is 5. The van der Waals surface area contributed by atoms with Crippen LogP contribution in [0.2, 0.25) is 0 Å². The van der Waals surface area contributed by atoms with E-state index in [0.29, 0.717) is 13.0 Å². The molecule has 0 fully saturated rings. The predicted octanol–water partition coefficient (Wildman–Crippen LogP) is 1.62. The lowest BCUT2D eigenvalue weighted by atomic mass is 10.1. The molecule has 0 radical (unpaired) electrons. The second kappa shape index (κ2) is 5.96. The van der Waals surface area contributed by atoms with E-state index in [1.807, 2.05) is 36.0 Å². The molecule has 1 heterocycles. The molecule has 2 N–H and O–H groups in total. The van der Waals surface area contributed by atoms with Gasteiger partial charge in [0.1, 0.15) is 11.8 Å². The van der Waals surface area contributed by atoms with Crippen LogP contribution >= 0.6 is 0 Å². The van der Waals surface area contributed by atoms with E-state index in [9.17, 15) is 4.79 Å². The fraction of sp³-hybridized carbons (Fsp3) is 0.400. The number of methoxy groups -OCH3 is 1. The van der Waals surface area contributed by atoms with Crippen LogP contribution in [0.25, 0.3) is 10.9 Å².